The van der Waals surface area contributed by atoms with E-state index in [0.717, 1.165) is 30.4 Å². The first-order valence-corrected chi connectivity index (χ1v) is 10.6. The van der Waals surface area contributed by atoms with Crippen LogP contribution in [0, 0.1) is 5.82 Å². The van der Waals surface area contributed by atoms with Crippen molar-refractivity contribution in [2.24, 2.45) is 0 Å². The smallest absolute Gasteiger partial charge is 0.413 e. The third-order valence-corrected chi connectivity index (χ3v) is 6.08. The Morgan fingerprint density at radius 1 is 0.875 bits per heavy atom. The Labute approximate surface area is 188 Å². The van der Waals surface area contributed by atoms with Crippen LogP contribution in [-0.4, -0.2) is 12.8 Å². The lowest BCUT2D eigenvalue weighted by molar-refractivity contribution is -0.179. The summed E-state index contributed by atoms with van der Waals surface area (Å²) >= 11 is 6.14. The SMILES string of the molecule is Fc1ccc(COCC(Cl)(c2ccc3c(c2)CCC3)C(F)(F)F)cc1Oc1ccccc1. The zero-order valence-corrected chi connectivity index (χ0v) is 17.8. The quantitative estimate of drug-likeness (QED) is 0.269. The molecular formula is C25H21ClF4O2. The van der Waals surface area contributed by atoms with Crippen molar-refractivity contribution < 1.29 is 27.0 Å². The summed E-state index contributed by atoms with van der Waals surface area (Å²) in [6.45, 7) is -0.954. The Kier molecular flexibility index (Phi) is 6.45. The van der Waals surface area contributed by atoms with E-state index in [1.54, 1.807) is 36.4 Å². The van der Waals surface area contributed by atoms with E-state index >= 15 is 0 Å². The van der Waals surface area contributed by atoms with Crippen molar-refractivity contribution in [3.63, 3.8) is 0 Å². The standard InChI is InChI=1S/C25H21ClF4O2/c26-24(25(28,29)30,20-11-10-18-5-4-6-19(18)14-20)16-31-15-17-9-12-22(27)23(13-17)32-21-7-2-1-3-8-21/h1-3,7-14H,4-6,15-16H2. The molecule has 0 saturated carbocycles. The molecule has 0 radical (unpaired) electrons. The summed E-state index contributed by atoms with van der Waals surface area (Å²) in [5.41, 5.74) is 2.40. The fraction of sp³-hybridized carbons (Fsp3) is 0.280. The topological polar surface area (TPSA) is 18.5 Å². The van der Waals surface area contributed by atoms with Crippen LogP contribution in [0.1, 0.15) is 28.7 Å². The molecule has 1 aliphatic rings. The molecule has 1 unspecified atom stereocenters. The average molecular weight is 465 g/mol. The fourth-order valence-electron chi connectivity index (χ4n) is 3.79. The van der Waals surface area contributed by atoms with Gasteiger partial charge in [-0.1, -0.05) is 42.5 Å². The molecule has 0 saturated heterocycles. The van der Waals surface area contributed by atoms with Gasteiger partial charge < -0.3 is 9.47 Å². The molecular weight excluding hydrogens is 444 g/mol. The highest BCUT2D eigenvalue weighted by molar-refractivity contribution is 6.24. The number of ether oxygens (including phenoxy) is 2. The van der Waals surface area contributed by atoms with E-state index in [2.05, 4.69) is 0 Å². The van der Waals surface area contributed by atoms with Crippen LogP contribution in [0.4, 0.5) is 17.6 Å². The van der Waals surface area contributed by atoms with Crippen molar-refractivity contribution in [3.8, 4) is 11.5 Å². The Balaban J connectivity index is 1.48. The molecule has 168 valence electrons. The second-order valence-electron chi connectivity index (χ2n) is 7.81. The van der Waals surface area contributed by atoms with Crippen LogP contribution in [0.3, 0.4) is 0 Å². The number of hydrogen-bond acceptors (Lipinski definition) is 2. The van der Waals surface area contributed by atoms with E-state index in [-0.39, 0.29) is 17.9 Å². The van der Waals surface area contributed by atoms with E-state index < -0.39 is 23.5 Å². The highest BCUT2D eigenvalue weighted by Crippen LogP contribution is 2.46. The first-order valence-electron chi connectivity index (χ1n) is 10.2. The lowest BCUT2D eigenvalue weighted by Gasteiger charge is -2.30. The van der Waals surface area contributed by atoms with Gasteiger partial charge in [-0.05, 0) is 65.8 Å². The van der Waals surface area contributed by atoms with Gasteiger partial charge >= 0.3 is 6.18 Å². The maximum absolute atomic E-state index is 14.1. The number of alkyl halides is 4. The van der Waals surface area contributed by atoms with Gasteiger partial charge in [-0.2, -0.15) is 13.2 Å². The highest BCUT2D eigenvalue weighted by Gasteiger charge is 2.55. The van der Waals surface area contributed by atoms with E-state index in [9.17, 15) is 17.6 Å². The Hall–Kier alpha value is -2.57. The molecule has 0 amide bonds. The Morgan fingerprint density at radius 3 is 2.38 bits per heavy atom. The predicted molar refractivity (Wildman–Crippen MR) is 115 cm³/mol. The maximum atomic E-state index is 14.1. The van der Waals surface area contributed by atoms with E-state index in [4.69, 9.17) is 21.1 Å². The van der Waals surface area contributed by atoms with E-state index in [1.807, 2.05) is 0 Å². The number of rotatable bonds is 7. The van der Waals surface area contributed by atoms with Gasteiger partial charge in [0.15, 0.2) is 16.4 Å². The van der Waals surface area contributed by atoms with Gasteiger partial charge in [-0.3, -0.25) is 0 Å². The average Bonchev–Trinajstić information content (AvgIpc) is 3.24. The number of fused-ring (bicyclic) bond motifs is 1. The van der Waals surface area contributed by atoms with Crippen LogP contribution >= 0.6 is 11.6 Å². The highest BCUT2D eigenvalue weighted by atomic mass is 35.5. The molecule has 4 rings (SSSR count). The normalized spacial score (nSPS) is 15.3. The minimum Gasteiger partial charge on any atom is -0.454 e. The van der Waals surface area contributed by atoms with Gasteiger partial charge in [0.05, 0.1) is 13.2 Å². The molecule has 0 spiro atoms. The summed E-state index contributed by atoms with van der Waals surface area (Å²) in [4.78, 5) is -2.67. The van der Waals surface area contributed by atoms with Crippen molar-refractivity contribution >= 4 is 11.6 Å². The summed E-state index contributed by atoms with van der Waals surface area (Å²) in [6, 6.07) is 17.3. The molecule has 7 heteroatoms. The van der Waals surface area contributed by atoms with Gasteiger partial charge in [-0.15, -0.1) is 11.6 Å². The largest absolute Gasteiger partial charge is 0.454 e. The summed E-state index contributed by atoms with van der Waals surface area (Å²) in [5.74, 6) is -0.181. The van der Waals surface area contributed by atoms with Crippen molar-refractivity contribution in [3.05, 3.63) is 94.8 Å². The molecule has 1 atom stereocenters. The molecule has 0 N–H and O–H groups in total. The summed E-state index contributed by atoms with van der Waals surface area (Å²) in [6.07, 6.45) is -2.18. The van der Waals surface area contributed by atoms with Gasteiger partial charge in [0.2, 0.25) is 0 Å². The van der Waals surface area contributed by atoms with E-state index in [1.165, 1.54) is 30.3 Å². The molecule has 0 heterocycles. The zero-order chi connectivity index (χ0) is 22.8. The molecule has 0 fully saturated rings. The van der Waals surface area contributed by atoms with Crippen LogP contribution < -0.4 is 4.74 Å². The Morgan fingerprint density at radius 2 is 1.62 bits per heavy atom. The van der Waals surface area contributed by atoms with Crippen LogP contribution in [0.5, 0.6) is 11.5 Å². The zero-order valence-electron chi connectivity index (χ0n) is 17.1. The molecule has 0 aliphatic heterocycles. The number of halogens is 5. The van der Waals surface area contributed by atoms with Crippen LogP contribution in [0.25, 0.3) is 0 Å². The maximum Gasteiger partial charge on any atom is 0.413 e. The van der Waals surface area contributed by atoms with Gasteiger partial charge in [-0.25, -0.2) is 4.39 Å². The second kappa shape index (κ2) is 9.12. The van der Waals surface area contributed by atoms with Crippen LogP contribution in [-0.2, 0) is 29.1 Å². The lowest BCUT2D eigenvalue weighted by atomic mass is 9.94. The van der Waals surface area contributed by atoms with Crippen molar-refractivity contribution in [1.29, 1.82) is 0 Å². The van der Waals surface area contributed by atoms with E-state index in [0.29, 0.717) is 11.3 Å². The third kappa shape index (κ3) is 4.76. The van der Waals surface area contributed by atoms with Gasteiger partial charge in [0.1, 0.15) is 5.75 Å². The summed E-state index contributed by atoms with van der Waals surface area (Å²) in [5, 5.41) is 0. The molecule has 3 aromatic carbocycles. The predicted octanol–water partition coefficient (Wildman–Crippen LogP) is 7.32. The van der Waals surface area contributed by atoms with Crippen LogP contribution in [0.15, 0.2) is 66.7 Å². The number of aryl methyl sites for hydroxylation is 2. The third-order valence-electron chi connectivity index (χ3n) is 5.54. The van der Waals surface area contributed by atoms with Crippen molar-refractivity contribution in [2.75, 3.05) is 6.61 Å². The van der Waals surface area contributed by atoms with Crippen LogP contribution in [0.2, 0.25) is 0 Å². The Bertz CT molecular complexity index is 1090. The summed E-state index contributed by atoms with van der Waals surface area (Å²) < 4.78 is 66.9. The monoisotopic (exact) mass is 464 g/mol. The number of para-hydroxylation sites is 1. The molecule has 0 aromatic heterocycles. The first kappa shape index (κ1) is 22.6. The molecule has 3 aromatic rings. The first-order chi connectivity index (χ1) is 15.3. The minimum absolute atomic E-state index is 0.0282. The van der Waals surface area contributed by atoms with Crippen molar-refractivity contribution in [1.82, 2.24) is 0 Å². The lowest BCUT2D eigenvalue weighted by Crippen LogP contribution is -2.41. The van der Waals surface area contributed by atoms with Gasteiger partial charge in [0, 0.05) is 0 Å². The molecule has 32 heavy (non-hydrogen) atoms. The molecule has 0 bridgehead atoms. The fourth-order valence-corrected chi connectivity index (χ4v) is 3.98. The number of benzene rings is 3. The second-order valence-corrected chi connectivity index (χ2v) is 8.45. The minimum atomic E-state index is -4.72. The molecule has 2 nitrogen and oxygen atoms in total. The van der Waals surface area contributed by atoms with Crippen molar-refractivity contribution in [2.45, 2.75) is 36.9 Å². The van der Waals surface area contributed by atoms with Gasteiger partial charge in [0.25, 0.3) is 0 Å². The molecule has 1 aliphatic carbocycles. The summed E-state index contributed by atoms with van der Waals surface area (Å²) in [7, 11) is 0. The number of hydrogen-bond donors (Lipinski definition) is 0.